The maximum atomic E-state index is 11.4. The molecule has 0 unspecified atom stereocenters. The van der Waals surface area contributed by atoms with E-state index in [1.165, 1.54) is 25.3 Å². The molecule has 1 aromatic rings. The Hall–Kier alpha value is -2.24. The molecule has 0 saturated carbocycles. The van der Waals surface area contributed by atoms with E-state index in [1.807, 2.05) is 6.92 Å². The number of carboxylic acid groups (broad SMARTS) is 1. The number of hydrogen-bond acceptors (Lipinski definition) is 5. The van der Waals surface area contributed by atoms with Gasteiger partial charge in [0.15, 0.2) is 18.1 Å². The number of methoxy groups -OCH3 is 1. The highest BCUT2D eigenvalue weighted by Gasteiger charge is 2.11. The van der Waals surface area contributed by atoms with Crippen molar-refractivity contribution in [3.05, 3.63) is 23.8 Å². The lowest BCUT2D eigenvalue weighted by Crippen LogP contribution is -2.15. The van der Waals surface area contributed by atoms with Crippen LogP contribution in [0.5, 0.6) is 11.5 Å². The third-order valence-corrected chi connectivity index (χ3v) is 2.52. The summed E-state index contributed by atoms with van der Waals surface area (Å²) in [4.78, 5) is 22.2. The molecule has 0 fully saturated rings. The number of carboxylic acids is 1. The fourth-order valence-electron chi connectivity index (χ4n) is 1.43. The SMILES string of the molecule is CCCCOC(=O)COc1ccc(C(=O)O)cc1OC. The fourth-order valence-corrected chi connectivity index (χ4v) is 1.43. The minimum Gasteiger partial charge on any atom is -0.493 e. The van der Waals surface area contributed by atoms with E-state index in [0.717, 1.165) is 12.8 Å². The minimum atomic E-state index is -1.06. The Bertz CT molecular complexity index is 469. The summed E-state index contributed by atoms with van der Waals surface area (Å²) < 4.78 is 15.2. The number of rotatable bonds is 8. The van der Waals surface area contributed by atoms with Crippen LogP contribution in [0.1, 0.15) is 30.1 Å². The number of aromatic carboxylic acids is 1. The first-order valence-electron chi connectivity index (χ1n) is 6.28. The van der Waals surface area contributed by atoms with Crippen molar-refractivity contribution in [2.75, 3.05) is 20.3 Å². The Kier molecular flexibility index (Phi) is 6.36. The quantitative estimate of drug-likeness (QED) is 0.581. The Balaban J connectivity index is 2.59. The Morgan fingerprint density at radius 3 is 2.60 bits per heavy atom. The molecule has 0 aromatic heterocycles. The number of esters is 1. The van der Waals surface area contributed by atoms with Crippen LogP contribution < -0.4 is 9.47 Å². The molecule has 20 heavy (non-hydrogen) atoms. The van der Waals surface area contributed by atoms with Crippen molar-refractivity contribution >= 4 is 11.9 Å². The van der Waals surface area contributed by atoms with Gasteiger partial charge in [-0.1, -0.05) is 13.3 Å². The van der Waals surface area contributed by atoms with Crippen LogP contribution in [0.25, 0.3) is 0 Å². The molecule has 0 aliphatic rings. The molecule has 6 nitrogen and oxygen atoms in total. The van der Waals surface area contributed by atoms with E-state index in [2.05, 4.69) is 0 Å². The van der Waals surface area contributed by atoms with Crippen molar-refractivity contribution in [1.82, 2.24) is 0 Å². The van der Waals surface area contributed by atoms with Crippen molar-refractivity contribution < 1.29 is 28.9 Å². The molecule has 0 aliphatic heterocycles. The maximum absolute atomic E-state index is 11.4. The van der Waals surface area contributed by atoms with Crippen molar-refractivity contribution in [3.8, 4) is 11.5 Å². The summed E-state index contributed by atoms with van der Waals surface area (Å²) in [5.41, 5.74) is 0.0831. The molecule has 0 heterocycles. The molecule has 0 radical (unpaired) electrons. The molecule has 1 rings (SSSR count). The molecule has 1 N–H and O–H groups in total. The second-order valence-corrected chi connectivity index (χ2v) is 4.03. The average molecular weight is 282 g/mol. The number of carbonyl (C=O) groups is 2. The highest BCUT2D eigenvalue weighted by Crippen LogP contribution is 2.28. The van der Waals surface area contributed by atoms with E-state index in [0.29, 0.717) is 12.4 Å². The van der Waals surface area contributed by atoms with Crippen LogP contribution in [0.3, 0.4) is 0 Å². The predicted molar refractivity (Wildman–Crippen MR) is 71.3 cm³/mol. The molecule has 0 aliphatic carbocycles. The lowest BCUT2D eigenvalue weighted by atomic mass is 10.2. The molecular weight excluding hydrogens is 264 g/mol. The van der Waals surface area contributed by atoms with Gasteiger partial charge in [0.25, 0.3) is 0 Å². The number of carbonyl (C=O) groups excluding carboxylic acids is 1. The predicted octanol–water partition coefficient (Wildman–Crippen LogP) is 2.12. The van der Waals surface area contributed by atoms with Crippen LogP contribution in [0.4, 0.5) is 0 Å². The van der Waals surface area contributed by atoms with Gasteiger partial charge in [-0.2, -0.15) is 0 Å². The maximum Gasteiger partial charge on any atom is 0.344 e. The first kappa shape index (κ1) is 15.8. The van der Waals surface area contributed by atoms with Crippen LogP contribution >= 0.6 is 0 Å². The van der Waals surface area contributed by atoms with Gasteiger partial charge in [-0.05, 0) is 24.6 Å². The highest BCUT2D eigenvalue weighted by molar-refractivity contribution is 5.88. The lowest BCUT2D eigenvalue weighted by Gasteiger charge is -2.11. The van der Waals surface area contributed by atoms with Crippen LogP contribution in [-0.4, -0.2) is 37.4 Å². The molecule has 1 aromatic carbocycles. The van der Waals surface area contributed by atoms with Crippen molar-refractivity contribution in [3.63, 3.8) is 0 Å². The smallest absolute Gasteiger partial charge is 0.344 e. The second-order valence-electron chi connectivity index (χ2n) is 4.03. The zero-order chi connectivity index (χ0) is 15.0. The van der Waals surface area contributed by atoms with Gasteiger partial charge in [0.2, 0.25) is 0 Å². The van der Waals surface area contributed by atoms with Crippen LogP contribution in [0.15, 0.2) is 18.2 Å². The summed E-state index contributed by atoms with van der Waals surface area (Å²) in [6.45, 7) is 2.12. The van der Waals surface area contributed by atoms with E-state index in [-0.39, 0.29) is 17.9 Å². The zero-order valence-corrected chi connectivity index (χ0v) is 11.5. The van der Waals surface area contributed by atoms with Gasteiger partial charge >= 0.3 is 11.9 Å². The summed E-state index contributed by atoms with van der Waals surface area (Å²) in [5.74, 6) is -0.979. The summed E-state index contributed by atoms with van der Waals surface area (Å²) in [6, 6.07) is 4.16. The van der Waals surface area contributed by atoms with Crippen molar-refractivity contribution in [2.24, 2.45) is 0 Å². The fraction of sp³-hybridized carbons (Fsp3) is 0.429. The molecule has 6 heteroatoms. The van der Waals surface area contributed by atoms with E-state index in [9.17, 15) is 9.59 Å². The normalized spacial score (nSPS) is 9.90. The number of ether oxygens (including phenoxy) is 3. The van der Waals surface area contributed by atoms with Crippen LogP contribution in [-0.2, 0) is 9.53 Å². The third kappa shape index (κ3) is 4.79. The van der Waals surface area contributed by atoms with E-state index < -0.39 is 11.9 Å². The topological polar surface area (TPSA) is 82.1 Å². The number of hydrogen-bond donors (Lipinski definition) is 1. The first-order valence-corrected chi connectivity index (χ1v) is 6.28. The lowest BCUT2D eigenvalue weighted by molar-refractivity contribution is -0.146. The van der Waals surface area contributed by atoms with Gasteiger partial charge in [-0.25, -0.2) is 9.59 Å². The van der Waals surface area contributed by atoms with E-state index in [1.54, 1.807) is 0 Å². The monoisotopic (exact) mass is 282 g/mol. The van der Waals surface area contributed by atoms with Gasteiger partial charge in [-0.3, -0.25) is 0 Å². The standard InChI is InChI=1S/C14H18O6/c1-3-4-7-19-13(15)9-20-11-6-5-10(14(16)17)8-12(11)18-2/h5-6,8H,3-4,7,9H2,1-2H3,(H,16,17). The largest absolute Gasteiger partial charge is 0.493 e. The van der Waals surface area contributed by atoms with Gasteiger partial charge in [0.1, 0.15) is 0 Å². The summed E-state index contributed by atoms with van der Waals surface area (Å²) in [5, 5.41) is 8.86. The third-order valence-electron chi connectivity index (χ3n) is 2.52. The highest BCUT2D eigenvalue weighted by atomic mass is 16.6. The summed E-state index contributed by atoms with van der Waals surface area (Å²) in [7, 11) is 1.40. The van der Waals surface area contributed by atoms with Crippen LogP contribution in [0.2, 0.25) is 0 Å². The van der Waals surface area contributed by atoms with E-state index in [4.69, 9.17) is 19.3 Å². The first-order chi connectivity index (χ1) is 9.58. The van der Waals surface area contributed by atoms with Gasteiger partial charge < -0.3 is 19.3 Å². The minimum absolute atomic E-state index is 0.0831. The average Bonchev–Trinajstić information content (AvgIpc) is 2.45. The van der Waals surface area contributed by atoms with Gasteiger partial charge in [0.05, 0.1) is 19.3 Å². The Labute approximate surface area is 117 Å². The molecule has 0 saturated heterocycles. The summed E-state index contributed by atoms with van der Waals surface area (Å²) >= 11 is 0. The number of unbranched alkanes of at least 4 members (excludes halogenated alkanes) is 1. The molecule has 0 bridgehead atoms. The Morgan fingerprint density at radius 2 is 2.00 bits per heavy atom. The van der Waals surface area contributed by atoms with Crippen molar-refractivity contribution in [2.45, 2.75) is 19.8 Å². The number of benzene rings is 1. The zero-order valence-electron chi connectivity index (χ0n) is 11.5. The van der Waals surface area contributed by atoms with Gasteiger partial charge in [-0.15, -0.1) is 0 Å². The molecular formula is C14H18O6. The molecule has 0 atom stereocenters. The summed E-state index contributed by atoms with van der Waals surface area (Å²) in [6.07, 6.45) is 1.75. The van der Waals surface area contributed by atoms with Gasteiger partial charge in [0, 0.05) is 0 Å². The second kappa shape index (κ2) is 8.04. The van der Waals surface area contributed by atoms with Crippen molar-refractivity contribution in [1.29, 1.82) is 0 Å². The van der Waals surface area contributed by atoms with E-state index >= 15 is 0 Å². The molecule has 0 amide bonds. The molecule has 110 valence electrons. The molecule has 0 spiro atoms. The Morgan fingerprint density at radius 1 is 1.25 bits per heavy atom. The van der Waals surface area contributed by atoms with Crippen LogP contribution in [0, 0.1) is 0 Å².